The van der Waals surface area contributed by atoms with Crippen molar-refractivity contribution in [1.29, 1.82) is 0 Å². The minimum absolute atomic E-state index is 0.457. The molecular formula is C17H32N2O. The fourth-order valence-corrected chi connectivity index (χ4v) is 4.46. The molecule has 0 aromatic heterocycles. The predicted octanol–water partition coefficient (Wildman–Crippen LogP) is 2.66. The van der Waals surface area contributed by atoms with Crippen molar-refractivity contribution in [2.45, 2.75) is 64.0 Å². The quantitative estimate of drug-likeness (QED) is 0.838. The van der Waals surface area contributed by atoms with Gasteiger partial charge in [0.15, 0.2) is 0 Å². The van der Waals surface area contributed by atoms with Gasteiger partial charge in [-0.2, -0.15) is 0 Å². The molecule has 2 aliphatic heterocycles. The van der Waals surface area contributed by atoms with Gasteiger partial charge in [0, 0.05) is 32.3 Å². The van der Waals surface area contributed by atoms with E-state index in [2.05, 4.69) is 17.1 Å². The second kappa shape index (κ2) is 7.24. The van der Waals surface area contributed by atoms with Crippen LogP contribution >= 0.6 is 0 Å². The maximum absolute atomic E-state index is 5.75. The highest BCUT2D eigenvalue weighted by molar-refractivity contribution is 4.84. The van der Waals surface area contributed by atoms with E-state index in [-0.39, 0.29) is 0 Å². The Labute approximate surface area is 124 Å². The number of fused-ring (bicyclic) bond motifs is 1. The Kier molecular flexibility index (Phi) is 5.36. The summed E-state index contributed by atoms with van der Waals surface area (Å²) in [7, 11) is 0. The Bertz CT molecular complexity index is 291. The third-order valence-corrected chi connectivity index (χ3v) is 5.79. The third kappa shape index (κ3) is 3.75. The minimum atomic E-state index is 0.457. The molecule has 4 atom stereocenters. The van der Waals surface area contributed by atoms with Crippen LogP contribution in [0.1, 0.15) is 51.9 Å². The minimum Gasteiger partial charge on any atom is -0.377 e. The molecule has 0 aromatic carbocycles. The Morgan fingerprint density at radius 3 is 2.75 bits per heavy atom. The van der Waals surface area contributed by atoms with E-state index in [1.165, 1.54) is 64.6 Å². The number of nitrogens with one attached hydrogen (secondary N) is 1. The molecule has 0 radical (unpaired) electrons. The highest BCUT2D eigenvalue weighted by atomic mass is 16.5. The van der Waals surface area contributed by atoms with Crippen LogP contribution in [0.5, 0.6) is 0 Å². The van der Waals surface area contributed by atoms with Gasteiger partial charge in [-0.1, -0.05) is 19.3 Å². The smallest absolute Gasteiger partial charge is 0.0726 e. The third-order valence-electron chi connectivity index (χ3n) is 5.79. The SMILES string of the molecule is CC(NCCN1CCC2CCCCC2C1)C1CCCO1. The highest BCUT2D eigenvalue weighted by Crippen LogP contribution is 2.35. The van der Waals surface area contributed by atoms with Gasteiger partial charge in [-0.05, 0) is 51.0 Å². The molecule has 0 amide bonds. The molecule has 0 bridgehead atoms. The zero-order chi connectivity index (χ0) is 13.8. The monoisotopic (exact) mass is 280 g/mol. The van der Waals surface area contributed by atoms with E-state index in [1.807, 2.05) is 0 Å². The van der Waals surface area contributed by atoms with Crippen LogP contribution < -0.4 is 5.32 Å². The Morgan fingerprint density at radius 1 is 1.10 bits per heavy atom. The van der Waals surface area contributed by atoms with E-state index in [0.717, 1.165) is 25.0 Å². The first-order valence-electron chi connectivity index (χ1n) is 8.90. The van der Waals surface area contributed by atoms with Crippen LogP contribution in [0.4, 0.5) is 0 Å². The van der Waals surface area contributed by atoms with Crippen LogP contribution in [-0.4, -0.2) is 49.8 Å². The van der Waals surface area contributed by atoms with Crippen LogP contribution in [0.25, 0.3) is 0 Å². The number of likely N-dealkylation sites (tertiary alicyclic amines) is 1. The van der Waals surface area contributed by atoms with E-state index < -0.39 is 0 Å². The van der Waals surface area contributed by atoms with Gasteiger partial charge in [0.05, 0.1) is 6.10 Å². The molecule has 3 fully saturated rings. The van der Waals surface area contributed by atoms with E-state index in [4.69, 9.17) is 4.74 Å². The summed E-state index contributed by atoms with van der Waals surface area (Å²) in [5.74, 6) is 2.06. The highest BCUT2D eigenvalue weighted by Gasteiger charge is 2.30. The van der Waals surface area contributed by atoms with Gasteiger partial charge in [0.2, 0.25) is 0 Å². The maximum atomic E-state index is 5.75. The first kappa shape index (κ1) is 14.8. The standard InChI is InChI=1S/C17H32N2O/c1-14(17-7-4-12-20-17)18-9-11-19-10-8-15-5-2-3-6-16(15)13-19/h14-18H,2-13H2,1H3. The van der Waals surface area contributed by atoms with Gasteiger partial charge in [0.1, 0.15) is 0 Å². The molecule has 1 aliphatic carbocycles. The molecule has 3 nitrogen and oxygen atoms in total. The molecule has 1 saturated carbocycles. The van der Waals surface area contributed by atoms with Gasteiger partial charge in [0.25, 0.3) is 0 Å². The van der Waals surface area contributed by atoms with Crippen molar-refractivity contribution >= 4 is 0 Å². The average Bonchev–Trinajstić information content (AvgIpc) is 3.01. The molecular weight excluding hydrogens is 248 g/mol. The average molecular weight is 280 g/mol. The molecule has 3 rings (SSSR count). The molecule has 1 N–H and O–H groups in total. The van der Waals surface area contributed by atoms with E-state index in [0.29, 0.717) is 12.1 Å². The zero-order valence-corrected chi connectivity index (χ0v) is 13.2. The first-order valence-corrected chi connectivity index (χ1v) is 8.90. The summed E-state index contributed by atoms with van der Waals surface area (Å²) in [6.45, 7) is 8.28. The summed E-state index contributed by atoms with van der Waals surface area (Å²) in [6.07, 6.45) is 10.3. The van der Waals surface area contributed by atoms with E-state index in [9.17, 15) is 0 Å². The Hall–Kier alpha value is -0.120. The molecule has 116 valence electrons. The van der Waals surface area contributed by atoms with Crippen molar-refractivity contribution in [3.05, 3.63) is 0 Å². The van der Waals surface area contributed by atoms with Gasteiger partial charge >= 0.3 is 0 Å². The van der Waals surface area contributed by atoms with Crippen molar-refractivity contribution in [3.8, 4) is 0 Å². The first-order chi connectivity index (χ1) is 9.83. The number of nitrogens with zero attached hydrogens (tertiary/aromatic N) is 1. The van der Waals surface area contributed by atoms with Crippen LogP contribution in [0.3, 0.4) is 0 Å². The van der Waals surface area contributed by atoms with Gasteiger partial charge < -0.3 is 15.0 Å². The molecule has 0 spiro atoms. The number of hydrogen-bond donors (Lipinski definition) is 1. The van der Waals surface area contributed by atoms with Crippen LogP contribution in [0, 0.1) is 11.8 Å². The maximum Gasteiger partial charge on any atom is 0.0726 e. The second-order valence-corrected chi connectivity index (χ2v) is 7.19. The largest absolute Gasteiger partial charge is 0.377 e. The summed E-state index contributed by atoms with van der Waals surface area (Å²) in [5.41, 5.74) is 0. The Balaban J connectivity index is 1.34. The second-order valence-electron chi connectivity index (χ2n) is 7.19. The molecule has 20 heavy (non-hydrogen) atoms. The van der Waals surface area contributed by atoms with Crippen molar-refractivity contribution in [2.75, 3.05) is 32.8 Å². The lowest BCUT2D eigenvalue weighted by atomic mass is 9.75. The number of piperidine rings is 1. The fraction of sp³-hybridized carbons (Fsp3) is 1.00. The predicted molar refractivity (Wildman–Crippen MR) is 82.9 cm³/mol. The van der Waals surface area contributed by atoms with Crippen LogP contribution in [0.15, 0.2) is 0 Å². The fourth-order valence-electron chi connectivity index (χ4n) is 4.46. The van der Waals surface area contributed by atoms with Crippen molar-refractivity contribution < 1.29 is 4.74 Å². The van der Waals surface area contributed by atoms with E-state index in [1.54, 1.807) is 0 Å². The summed E-state index contributed by atoms with van der Waals surface area (Å²) in [4.78, 5) is 2.70. The lowest BCUT2D eigenvalue weighted by Crippen LogP contribution is -2.46. The Morgan fingerprint density at radius 2 is 1.95 bits per heavy atom. The topological polar surface area (TPSA) is 24.5 Å². The lowest BCUT2D eigenvalue weighted by molar-refractivity contribution is 0.0734. The summed E-state index contributed by atoms with van der Waals surface area (Å²) < 4.78 is 5.75. The summed E-state index contributed by atoms with van der Waals surface area (Å²) in [5, 5.41) is 3.68. The number of rotatable bonds is 5. The zero-order valence-electron chi connectivity index (χ0n) is 13.2. The molecule has 3 heteroatoms. The lowest BCUT2D eigenvalue weighted by Gasteiger charge is -2.41. The number of ether oxygens (including phenoxy) is 1. The van der Waals surface area contributed by atoms with Crippen LogP contribution in [0.2, 0.25) is 0 Å². The number of hydrogen-bond acceptors (Lipinski definition) is 3. The van der Waals surface area contributed by atoms with Crippen molar-refractivity contribution in [3.63, 3.8) is 0 Å². The molecule has 0 aromatic rings. The van der Waals surface area contributed by atoms with Gasteiger partial charge in [-0.15, -0.1) is 0 Å². The van der Waals surface area contributed by atoms with E-state index >= 15 is 0 Å². The molecule has 2 saturated heterocycles. The summed E-state index contributed by atoms with van der Waals surface area (Å²) >= 11 is 0. The van der Waals surface area contributed by atoms with Crippen LogP contribution in [-0.2, 0) is 4.74 Å². The normalized spacial score (nSPS) is 36.8. The van der Waals surface area contributed by atoms with Crippen molar-refractivity contribution in [1.82, 2.24) is 10.2 Å². The summed E-state index contributed by atoms with van der Waals surface area (Å²) in [6, 6.07) is 0.518. The van der Waals surface area contributed by atoms with Gasteiger partial charge in [-0.25, -0.2) is 0 Å². The molecule has 4 unspecified atom stereocenters. The molecule has 3 aliphatic rings. The molecule has 2 heterocycles. The van der Waals surface area contributed by atoms with Gasteiger partial charge in [-0.3, -0.25) is 0 Å². The van der Waals surface area contributed by atoms with Crippen molar-refractivity contribution in [2.24, 2.45) is 11.8 Å².